The summed E-state index contributed by atoms with van der Waals surface area (Å²) in [4.78, 5) is 16.7. The van der Waals surface area contributed by atoms with Crippen molar-refractivity contribution in [2.24, 2.45) is 0 Å². The highest BCUT2D eigenvalue weighted by atomic mass is 32.2. The van der Waals surface area contributed by atoms with E-state index in [9.17, 15) is 4.79 Å². The van der Waals surface area contributed by atoms with E-state index in [2.05, 4.69) is 31.7 Å². The van der Waals surface area contributed by atoms with Crippen LogP contribution >= 0.6 is 23.1 Å². The number of aryl methyl sites for hydroxylation is 3. The van der Waals surface area contributed by atoms with Gasteiger partial charge < -0.3 is 5.32 Å². The number of nitrogens with one attached hydrogen (secondary N) is 1. The van der Waals surface area contributed by atoms with Gasteiger partial charge in [0.15, 0.2) is 10.9 Å². The molecule has 3 aromatic heterocycles. The number of fused-ring (bicyclic) bond motifs is 1. The average Bonchev–Trinajstić information content (AvgIpc) is 3.21. The van der Waals surface area contributed by atoms with E-state index in [1.165, 1.54) is 28.7 Å². The number of thiazole rings is 1. The van der Waals surface area contributed by atoms with Crippen LogP contribution in [-0.4, -0.2) is 36.6 Å². The van der Waals surface area contributed by atoms with Crippen molar-refractivity contribution < 1.29 is 4.79 Å². The molecule has 0 atom stereocenters. The Bertz CT molecular complexity index is 1150. The predicted octanol–water partition coefficient (Wildman–Crippen LogP) is 3.93. The van der Waals surface area contributed by atoms with Crippen molar-refractivity contribution in [3.8, 4) is 5.82 Å². The normalized spacial score (nSPS) is 11.1. The zero-order valence-corrected chi connectivity index (χ0v) is 17.3. The number of amides is 1. The van der Waals surface area contributed by atoms with Crippen molar-refractivity contribution in [3.63, 3.8) is 0 Å². The Morgan fingerprint density at radius 2 is 2.00 bits per heavy atom. The monoisotopic (exact) mass is 410 g/mol. The lowest BCUT2D eigenvalue weighted by Crippen LogP contribution is -2.14. The predicted molar refractivity (Wildman–Crippen MR) is 112 cm³/mol. The lowest BCUT2D eigenvalue weighted by Gasteiger charge is -2.04. The van der Waals surface area contributed by atoms with Crippen LogP contribution in [0.15, 0.2) is 41.4 Å². The second-order valence-corrected chi connectivity index (χ2v) is 8.42. The van der Waals surface area contributed by atoms with E-state index in [0.717, 1.165) is 21.6 Å². The lowest BCUT2D eigenvalue weighted by atomic mass is 10.2. The first-order valence-corrected chi connectivity index (χ1v) is 10.5. The van der Waals surface area contributed by atoms with Gasteiger partial charge in [0.2, 0.25) is 5.91 Å². The van der Waals surface area contributed by atoms with E-state index in [-0.39, 0.29) is 11.7 Å². The molecule has 7 nitrogen and oxygen atoms in total. The molecule has 0 aliphatic carbocycles. The van der Waals surface area contributed by atoms with Crippen molar-refractivity contribution in [1.82, 2.24) is 25.0 Å². The van der Waals surface area contributed by atoms with Crippen molar-refractivity contribution >= 4 is 44.4 Å². The molecule has 0 saturated carbocycles. The molecule has 0 aliphatic heterocycles. The highest BCUT2D eigenvalue weighted by molar-refractivity contribution is 7.99. The third-order valence-corrected chi connectivity index (χ3v) is 5.85. The SMILES string of the molecule is Cc1ccc2nc(NC(=O)CSc3ccc(-n4nc(C)cc4C)nn3)sc2c1. The molecule has 4 aromatic rings. The number of carbonyl (C=O) groups excluding carboxylic acids is 1. The second-order valence-electron chi connectivity index (χ2n) is 6.40. The molecule has 3 heterocycles. The van der Waals surface area contributed by atoms with Crippen LogP contribution in [0, 0.1) is 20.8 Å². The maximum Gasteiger partial charge on any atom is 0.236 e. The summed E-state index contributed by atoms with van der Waals surface area (Å²) in [7, 11) is 0. The summed E-state index contributed by atoms with van der Waals surface area (Å²) in [5.74, 6) is 0.775. The third-order valence-electron chi connectivity index (χ3n) is 3.99. The Morgan fingerprint density at radius 3 is 2.71 bits per heavy atom. The molecule has 1 amide bonds. The number of thioether (sulfide) groups is 1. The largest absolute Gasteiger partial charge is 0.301 e. The summed E-state index contributed by atoms with van der Waals surface area (Å²) < 4.78 is 2.81. The molecule has 142 valence electrons. The van der Waals surface area contributed by atoms with Gasteiger partial charge in [-0.3, -0.25) is 4.79 Å². The van der Waals surface area contributed by atoms with Gasteiger partial charge in [0.05, 0.1) is 21.7 Å². The van der Waals surface area contributed by atoms with Crippen molar-refractivity contribution in [2.75, 3.05) is 11.1 Å². The number of rotatable bonds is 5. The Kier molecular flexibility index (Phi) is 5.10. The van der Waals surface area contributed by atoms with E-state index < -0.39 is 0 Å². The maximum absolute atomic E-state index is 12.2. The molecule has 0 radical (unpaired) electrons. The molecule has 9 heteroatoms. The second kappa shape index (κ2) is 7.69. The van der Waals surface area contributed by atoms with Gasteiger partial charge in [-0.25, -0.2) is 9.67 Å². The molecule has 0 bridgehead atoms. The third kappa shape index (κ3) is 4.05. The first-order chi connectivity index (χ1) is 13.5. The number of hydrogen-bond donors (Lipinski definition) is 1. The van der Waals surface area contributed by atoms with Crippen LogP contribution in [0.5, 0.6) is 0 Å². The average molecular weight is 411 g/mol. The molecule has 0 aliphatic rings. The van der Waals surface area contributed by atoms with Gasteiger partial charge in [-0.05, 0) is 56.7 Å². The summed E-state index contributed by atoms with van der Waals surface area (Å²) in [6.45, 7) is 5.94. The van der Waals surface area contributed by atoms with Gasteiger partial charge in [-0.2, -0.15) is 5.10 Å². The molecule has 28 heavy (non-hydrogen) atoms. The Labute approximate surface area is 170 Å². The van der Waals surface area contributed by atoms with Crippen molar-refractivity contribution in [3.05, 3.63) is 53.3 Å². The Hall–Kier alpha value is -2.78. The minimum absolute atomic E-state index is 0.120. The molecule has 1 N–H and O–H groups in total. The summed E-state index contributed by atoms with van der Waals surface area (Å²) in [6.07, 6.45) is 0. The van der Waals surface area contributed by atoms with Crippen LogP contribution in [0.4, 0.5) is 5.13 Å². The molecular weight excluding hydrogens is 392 g/mol. The molecule has 0 fully saturated rings. The number of hydrogen-bond acceptors (Lipinski definition) is 7. The van der Waals surface area contributed by atoms with Crippen LogP contribution in [0.1, 0.15) is 17.0 Å². The van der Waals surface area contributed by atoms with E-state index >= 15 is 0 Å². The summed E-state index contributed by atoms with van der Waals surface area (Å²) in [6, 6.07) is 11.7. The molecular formula is C19H18N6OS2. The molecule has 0 saturated heterocycles. The lowest BCUT2D eigenvalue weighted by molar-refractivity contribution is -0.113. The summed E-state index contributed by atoms with van der Waals surface area (Å²) in [5, 5.41) is 16.9. The first-order valence-electron chi connectivity index (χ1n) is 8.65. The molecule has 1 aromatic carbocycles. The van der Waals surface area contributed by atoms with Crippen LogP contribution in [-0.2, 0) is 4.79 Å². The van der Waals surface area contributed by atoms with E-state index in [4.69, 9.17) is 0 Å². The summed E-state index contributed by atoms with van der Waals surface area (Å²) >= 11 is 2.81. The number of nitrogens with zero attached hydrogens (tertiary/aromatic N) is 5. The number of anilines is 1. The molecule has 0 unspecified atom stereocenters. The highest BCUT2D eigenvalue weighted by Crippen LogP contribution is 2.27. The summed E-state index contributed by atoms with van der Waals surface area (Å²) in [5.41, 5.74) is 3.99. The smallest absolute Gasteiger partial charge is 0.236 e. The van der Waals surface area contributed by atoms with Gasteiger partial charge in [0.25, 0.3) is 0 Å². The fourth-order valence-corrected chi connectivity index (χ4v) is 4.34. The van der Waals surface area contributed by atoms with Gasteiger partial charge in [-0.15, -0.1) is 10.2 Å². The first kappa shape index (κ1) is 18.6. The van der Waals surface area contributed by atoms with Crippen LogP contribution in [0.3, 0.4) is 0 Å². The van der Waals surface area contributed by atoms with Crippen molar-refractivity contribution in [1.29, 1.82) is 0 Å². The number of carbonyl (C=O) groups is 1. The molecule has 0 spiro atoms. The standard InChI is InChI=1S/C19H18N6OS2/c1-11-4-5-14-15(8-11)28-19(20-14)21-17(26)10-27-18-7-6-16(22-23-18)25-13(3)9-12(2)24-25/h4-9H,10H2,1-3H3,(H,20,21,26). The minimum Gasteiger partial charge on any atom is -0.301 e. The maximum atomic E-state index is 12.2. The Balaban J connectivity index is 1.37. The fraction of sp³-hybridized carbons (Fsp3) is 0.211. The highest BCUT2D eigenvalue weighted by Gasteiger charge is 2.10. The number of aromatic nitrogens is 5. The Morgan fingerprint density at radius 1 is 1.14 bits per heavy atom. The van der Waals surface area contributed by atoms with E-state index in [1.54, 1.807) is 4.68 Å². The minimum atomic E-state index is -0.120. The molecule has 4 rings (SSSR count). The van der Waals surface area contributed by atoms with Crippen LogP contribution in [0.25, 0.3) is 16.0 Å². The zero-order valence-electron chi connectivity index (χ0n) is 15.6. The van der Waals surface area contributed by atoms with Gasteiger partial charge in [-0.1, -0.05) is 29.2 Å². The van der Waals surface area contributed by atoms with Gasteiger partial charge in [0.1, 0.15) is 5.03 Å². The topological polar surface area (TPSA) is 85.6 Å². The van der Waals surface area contributed by atoms with Gasteiger partial charge in [0, 0.05) is 5.69 Å². The van der Waals surface area contributed by atoms with E-state index in [0.29, 0.717) is 16.0 Å². The van der Waals surface area contributed by atoms with Crippen molar-refractivity contribution in [2.45, 2.75) is 25.8 Å². The van der Waals surface area contributed by atoms with Crippen LogP contribution in [0.2, 0.25) is 0 Å². The zero-order chi connectivity index (χ0) is 19.7. The van der Waals surface area contributed by atoms with Gasteiger partial charge >= 0.3 is 0 Å². The quantitative estimate of drug-likeness (QED) is 0.502. The fourth-order valence-electron chi connectivity index (χ4n) is 2.74. The van der Waals surface area contributed by atoms with E-state index in [1.807, 2.05) is 51.1 Å². The number of benzene rings is 1. The van der Waals surface area contributed by atoms with Crippen LogP contribution < -0.4 is 5.32 Å².